The number of primary amides is 1. The molecule has 1 atom stereocenters. The number of halogens is 4. The van der Waals surface area contributed by atoms with Crippen molar-refractivity contribution in [1.82, 2.24) is 0 Å². The molecule has 0 aromatic heterocycles. The molecule has 1 aromatic rings. The van der Waals surface area contributed by atoms with Gasteiger partial charge in [0.25, 0.3) is 5.91 Å². The van der Waals surface area contributed by atoms with Crippen LogP contribution in [0.5, 0.6) is 5.75 Å². The molecule has 0 saturated heterocycles. The summed E-state index contributed by atoms with van der Waals surface area (Å²) in [7, 11) is 0. The Balaban J connectivity index is 3.09. The Morgan fingerprint density at radius 3 is 2.47 bits per heavy atom. The van der Waals surface area contributed by atoms with Gasteiger partial charge in [-0.2, -0.15) is 13.2 Å². The van der Waals surface area contributed by atoms with E-state index in [0.29, 0.717) is 6.92 Å². The zero-order valence-corrected chi connectivity index (χ0v) is 8.72. The van der Waals surface area contributed by atoms with Gasteiger partial charge in [0.2, 0.25) is 0 Å². The number of nitrogens with two attached hydrogens (primary N) is 1. The number of carbonyl (C=O) groups is 1. The van der Waals surface area contributed by atoms with Crippen LogP contribution >= 0.6 is 0 Å². The topological polar surface area (TPSA) is 52.3 Å². The molecule has 2 N–H and O–H groups in total. The summed E-state index contributed by atoms with van der Waals surface area (Å²) in [5, 5.41) is 0. The van der Waals surface area contributed by atoms with E-state index >= 15 is 0 Å². The Morgan fingerprint density at radius 2 is 2.00 bits per heavy atom. The standard InChI is InChI=1S/C10H9F4NO2/c1-5(10(12,13)14)17-8-6(9(15)16)3-2-4-7(8)11/h2-5H,1H3,(H2,15,16). The molecular weight excluding hydrogens is 242 g/mol. The highest BCUT2D eigenvalue weighted by Crippen LogP contribution is 2.29. The summed E-state index contributed by atoms with van der Waals surface area (Å²) in [6.07, 6.45) is -6.89. The average molecular weight is 251 g/mol. The molecule has 0 radical (unpaired) electrons. The van der Waals surface area contributed by atoms with E-state index in [-0.39, 0.29) is 0 Å². The van der Waals surface area contributed by atoms with Crippen molar-refractivity contribution in [2.45, 2.75) is 19.2 Å². The van der Waals surface area contributed by atoms with Crippen molar-refractivity contribution in [3.63, 3.8) is 0 Å². The monoisotopic (exact) mass is 251 g/mol. The maximum Gasteiger partial charge on any atom is 0.425 e. The molecule has 1 unspecified atom stereocenters. The summed E-state index contributed by atoms with van der Waals surface area (Å²) in [4.78, 5) is 10.9. The van der Waals surface area contributed by atoms with Gasteiger partial charge in [0, 0.05) is 0 Å². The smallest absolute Gasteiger partial charge is 0.425 e. The highest BCUT2D eigenvalue weighted by atomic mass is 19.4. The Bertz CT molecular complexity index is 431. The fraction of sp³-hybridized carbons (Fsp3) is 0.300. The van der Waals surface area contributed by atoms with Crippen LogP contribution in [0.3, 0.4) is 0 Å². The van der Waals surface area contributed by atoms with Crippen LogP contribution in [0.25, 0.3) is 0 Å². The number of hydrogen-bond donors (Lipinski definition) is 1. The second-order valence-corrected chi connectivity index (χ2v) is 3.28. The van der Waals surface area contributed by atoms with Gasteiger partial charge in [-0.25, -0.2) is 4.39 Å². The highest BCUT2D eigenvalue weighted by Gasteiger charge is 2.39. The van der Waals surface area contributed by atoms with Crippen molar-refractivity contribution >= 4 is 5.91 Å². The van der Waals surface area contributed by atoms with E-state index in [0.717, 1.165) is 18.2 Å². The van der Waals surface area contributed by atoms with Gasteiger partial charge in [-0.15, -0.1) is 0 Å². The van der Waals surface area contributed by atoms with E-state index in [2.05, 4.69) is 4.74 Å². The molecule has 1 aromatic carbocycles. The van der Waals surface area contributed by atoms with Crippen molar-refractivity contribution in [2.75, 3.05) is 0 Å². The molecule has 0 spiro atoms. The van der Waals surface area contributed by atoms with E-state index in [1.165, 1.54) is 0 Å². The minimum absolute atomic E-state index is 0.430. The number of amides is 1. The molecule has 0 bridgehead atoms. The predicted octanol–water partition coefficient (Wildman–Crippen LogP) is 2.25. The van der Waals surface area contributed by atoms with Gasteiger partial charge < -0.3 is 10.5 Å². The predicted molar refractivity (Wildman–Crippen MR) is 51.1 cm³/mol. The first-order valence-corrected chi connectivity index (χ1v) is 4.55. The van der Waals surface area contributed by atoms with Gasteiger partial charge in [0.15, 0.2) is 17.7 Å². The molecule has 1 rings (SSSR count). The number of hydrogen-bond acceptors (Lipinski definition) is 2. The summed E-state index contributed by atoms with van der Waals surface area (Å²) in [6.45, 7) is 0.706. The van der Waals surface area contributed by atoms with E-state index < -0.39 is 35.3 Å². The van der Waals surface area contributed by atoms with Crippen LogP contribution < -0.4 is 10.5 Å². The molecule has 0 aliphatic carbocycles. The van der Waals surface area contributed by atoms with E-state index in [1.54, 1.807) is 0 Å². The maximum atomic E-state index is 13.3. The fourth-order valence-corrected chi connectivity index (χ4v) is 1.07. The molecule has 0 aliphatic heterocycles. The van der Waals surface area contributed by atoms with Crippen LogP contribution in [0, 0.1) is 5.82 Å². The molecule has 0 saturated carbocycles. The van der Waals surface area contributed by atoms with Crippen LogP contribution in [0.15, 0.2) is 18.2 Å². The Morgan fingerprint density at radius 1 is 1.41 bits per heavy atom. The Hall–Kier alpha value is -1.79. The molecule has 0 fully saturated rings. The number of benzene rings is 1. The van der Waals surface area contributed by atoms with E-state index in [4.69, 9.17) is 5.73 Å². The van der Waals surface area contributed by atoms with Crippen molar-refractivity contribution in [1.29, 1.82) is 0 Å². The van der Waals surface area contributed by atoms with Gasteiger partial charge in [-0.05, 0) is 19.1 Å². The largest absolute Gasteiger partial charge is 0.477 e. The number of ether oxygens (including phenoxy) is 1. The molecule has 0 aliphatic rings. The third-order valence-corrected chi connectivity index (χ3v) is 1.99. The van der Waals surface area contributed by atoms with Gasteiger partial charge in [0.05, 0.1) is 5.56 Å². The first kappa shape index (κ1) is 13.3. The average Bonchev–Trinajstić information content (AvgIpc) is 2.18. The SMILES string of the molecule is CC(Oc1c(F)cccc1C(N)=O)C(F)(F)F. The van der Waals surface area contributed by atoms with Gasteiger partial charge in [-0.3, -0.25) is 4.79 Å². The fourth-order valence-electron chi connectivity index (χ4n) is 1.07. The van der Waals surface area contributed by atoms with Crippen LogP contribution in [-0.2, 0) is 0 Å². The van der Waals surface area contributed by atoms with E-state index in [1.807, 2.05) is 0 Å². The first-order valence-electron chi connectivity index (χ1n) is 4.55. The lowest BCUT2D eigenvalue weighted by atomic mass is 10.2. The second-order valence-electron chi connectivity index (χ2n) is 3.28. The Labute approximate surface area is 94.2 Å². The van der Waals surface area contributed by atoms with Gasteiger partial charge >= 0.3 is 6.18 Å². The minimum Gasteiger partial charge on any atom is -0.477 e. The molecule has 3 nitrogen and oxygen atoms in total. The van der Waals surface area contributed by atoms with Crippen LogP contribution in [0.2, 0.25) is 0 Å². The normalized spacial score (nSPS) is 13.2. The lowest BCUT2D eigenvalue weighted by Crippen LogP contribution is -2.32. The minimum atomic E-state index is -4.66. The van der Waals surface area contributed by atoms with Gasteiger partial charge in [0.1, 0.15) is 0 Å². The third-order valence-electron chi connectivity index (χ3n) is 1.99. The van der Waals surface area contributed by atoms with Gasteiger partial charge in [-0.1, -0.05) is 6.07 Å². The first-order chi connectivity index (χ1) is 7.73. The quantitative estimate of drug-likeness (QED) is 0.837. The van der Waals surface area contributed by atoms with Crippen molar-refractivity contribution in [3.05, 3.63) is 29.6 Å². The van der Waals surface area contributed by atoms with Crippen molar-refractivity contribution in [2.24, 2.45) is 5.73 Å². The third kappa shape index (κ3) is 3.08. The summed E-state index contributed by atoms with van der Waals surface area (Å²) in [5.74, 6) is -2.92. The Kier molecular flexibility index (Phi) is 3.59. The zero-order chi connectivity index (χ0) is 13.2. The molecule has 1 amide bonds. The molecule has 17 heavy (non-hydrogen) atoms. The lowest BCUT2D eigenvalue weighted by Gasteiger charge is -2.19. The number of carbonyl (C=O) groups excluding carboxylic acids is 1. The lowest BCUT2D eigenvalue weighted by molar-refractivity contribution is -0.189. The number of rotatable bonds is 3. The number of alkyl halides is 3. The summed E-state index contributed by atoms with van der Waals surface area (Å²) in [5.41, 5.74) is 4.47. The summed E-state index contributed by atoms with van der Waals surface area (Å²) >= 11 is 0. The zero-order valence-electron chi connectivity index (χ0n) is 8.72. The van der Waals surface area contributed by atoms with Crippen LogP contribution in [-0.4, -0.2) is 18.2 Å². The summed E-state index contributed by atoms with van der Waals surface area (Å²) in [6, 6.07) is 3.12. The maximum absolute atomic E-state index is 13.3. The van der Waals surface area contributed by atoms with Crippen LogP contribution in [0.4, 0.5) is 17.6 Å². The van der Waals surface area contributed by atoms with E-state index in [9.17, 15) is 22.4 Å². The molecule has 94 valence electrons. The van der Waals surface area contributed by atoms with Crippen LogP contribution in [0.1, 0.15) is 17.3 Å². The summed E-state index contributed by atoms with van der Waals surface area (Å²) < 4.78 is 54.4. The molecular formula is C10H9F4NO2. The second kappa shape index (κ2) is 4.60. The highest BCUT2D eigenvalue weighted by molar-refractivity contribution is 5.95. The molecule has 7 heteroatoms. The van der Waals surface area contributed by atoms with Crippen molar-refractivity contribution < 1.29 is 27.1 Å². The van der Waals surface area contributed by atoms with Crippen molar-refractivity contribution in [3.8, 4) is 5.75 Å². The molecule has 0 heterocycles. The number of para-hydroxylation sites is 1.